The van der Waals surface area contributed by atoms with Gasteiger partial charge < -0.3 is 29.4 Å². The molecule has 44 heavy (non-hydrogen) atoms. The molecule has 0 saturated carbocycles. The molecule has 0 aliphatic carbocycles. The fraction of sp³-hybridized carbons (Fsp3) is 0.0968. The Morgan fingerprint density at radius 3 is 2.39 bits per heavy atom. The molecule has 0 fully saturated rings. The van der Waals surface area contributed by atoms with Crippen LogP contribution >= 0.6 is 23.2 Å². The first-order chi connectivity index (χ1) is 21.3. The Morgan fingerprint density at radius 2 is 1.70 bits per heavy atom. The molecule has 0 spiro atoms. The zero-order valence-corrected chi connectivity index (χ0v) is 25.3. The lowest BCUT2D eigenvalue weighted by atomic mass is 10.0. The molecule has 0 aliphatic rings. The van der Waals surface area contributed by atoms with Gasteiger partial charge in [0.1, 0.15) is 22.9 Å². The van der Waals surface area contributed by atoms with Gasteiger partial charge in [0.15, 0.2) is 5.65 Å². The van der Waals surface area contributed by atoms with Crippen molar-refractivity contribution in [3.05, 3.63) is 90.1 Å². The van der Waals surface area contributed by atoms with Crippen molar-refractivity contribution in [3.8, 4) is 34.1 Å². The highest BCUT2D eigenvalue weighted by atomic mass is 35.5. The van der Waals surface area contributed by atoms with Crippen molar-refractivity contribution in [1.82, 2.24) is 23.9 Å². The van der Waals surface area contributed by atoms with Crippen LogP contribution in [-0.2, 0) is 4.79 Å². The molecule has 1 amide bonds. The van der Waals surface area contributed by atoms with Crippen LogP contribution in [0.15, 0.2) is 80.0 Å². The van der Waals surface area contributed by atoms with Gasteiger partial charge in [-0.25, -0.2) is 9.97 Å². The third-order valence-electron chi connectivity index (χ3n) is 6.94. The average Bonchev–Trinajstić information content (AvgIpc) is 3.73. The van der Waals surface area contributed by atoms with Crippen LogP contribution in [0.1, 0.15) is 0 Å². The van der Waals surface area contributed by atoms with Gasteiger partial charge >= 0.3 is 0 Å². The largest absolute Gasteiger partial charge is 0.495 e. The van der Waals surface area contributed by atoms with Crippen molar-refractivity contribution in [3.63, 3.8) is 0 Å². The summed E-state index contributed by atoms with van der Waals surface area (Å²) in [6.07, 6.45) is 10.0. The molecule has 0 bridgehead atoms. The Labute approximate surface area is 261 Å². The van der Waals surface area contributed by atoms with Crippen LogP contribution in [0, 0.1) is 0 Å². The lowest BCUT2D eigenvalue weighted by molar-refractivity contribution is -0.111. The number of imidazole rings is 1. The number of ether oxygens (including phenoxy) is 3. The highest BCUT2D eigenvalue weighted by molar-refractivity contribution is 6.41. The van der Waals surface area contributed by atoms with Crippen molar-refractivity contribution < 1.29 is 19.0 Å². The number of methoxy groups -OCH3 is 3. The van der Waals surface area contributed by atoms with E-state index < -0.39 is 0 Å². The smallest absolute Gasteiger partial charge is 0.247 e. The number of nitrogens with zero attached hydrogens (tertiary/aromatic N) is 5. The minimum atomic E-state index is -0.367. The van der Waals surface area contributed by atoms with E-state index in [1.165, 1.54) is 20.3 Å². The summed E-state index contributed by atoms with van der Waals surface area (Å²) in [4.78, 5) is 26.2. The number of hydrogen-bond donors (Lipinski definition) is 2. The quantitative estimate of drug-likeness (QED) is 0.165. The van der Waals surface area contributed by atoms with Crippen LogP contribution in [0.2, 0.25) is 10.0 Å². The van der Waals surface area contributed by atoms with Crippen molar-refractivity contribution in [2.45, 2.75) is 0 Å². The van der Waals surface area contributed by atoms with Crippen LogP contribution in [0.4, 0.5) is 17.3 Å². The molecule has 4 aromatic heterocycles. The van der Waals surface area contributed by atoms with Crippen molar-refractivity contribution in [2.75, 3.05) is 32.0 Å². The summed E-state index contributed by atoms with van der Waals surface area (Å²) < 4.78 is 19.9. The number of carbonyl (C=O) groups is 1. The van der Waals surface area contributed by atoms with Crippen LogP contribution in [-0.4, -0.2) is 51.2 Å². The molecule has 0 unspecified atom stereocenters. The molecule has 2 aromatic carbocycles. The summed E-state index contributed by atoms with van der Waals surface area (Å²) in [5.74, 6) is 1.45. The van der Waals surface area contributed by atoms with Gasteiger partial charge in [0.05, 0.1) is 48.9 Å². The Hall–Kier alpha value is -5.26. The molecule has 6 aromatic rings. The van der Waals surface area contributed by atoms with Crippen LogP contribution in [0.25, 0.3) is 33.5 Å². The lowest BCUT2D eigenvalue weighted by Gasteiger charge is -2.16. The summed E-state index contributed by atoms with van der Waals surface area (Å²) in [7, 11) is 4.64. The summed E-state index contributed by atoms with van der Waals surface area (Å²) in [6, 6.07) is 10.9. The molecule has 0 radical (unpaired) electrons. The number of rotatable bonds is 9. The molecule has 11 nitrogen and oxygen atoms in total. The molecule has 6 rings (SSSR count). The third-order valence-corrected chi connectivity index (χ3v) is 7.69. The second kappa shape index (κ2) is 11.8. The van der Waals surface area contributed by atoms with E-state index in [-0.39, 0.29) is 5.91 Å². The number of nitrogens with one attached hydrogen (secondary N) is 2. The van der Waals surface area contributed by atoms with Crippen molar-refractivity contribution in [2.24, 2.45) is 0 Å². The molecule has 0 aliphatic heterocycles. The normalized spacial score (nSPS) is 11.0. The Kier molecular flexibility index (Phi) is 7.73. The number of pyridine rings is 1. The fourth-order valence-electron chi connectivity index (χ4n) is 4.80. The molecular weight excluding hydrogens is 605 g/mol. The maximum absolute atomic E-state index is 12.3. The van der Waals surface area contributed by atoms with E-state index in [1.807, 2.05) is 51.7 Å². The molecule has 4 heterocycles. The summed E-state index contributed by atoms with van der Waals surface area (Å²) in [5, 5.41) is 7.41. The van der Waals surface area contributed by atoms with Crippen molar-refractivity contribution >= 4 is 63.1 Å². The number of fused-ring (bicyclic) bond motifs is 3. The number of amides is 1. The summed E-state index contributed by atoms with van der Waals surface area (Å²) in [6.45, 7) is 3.56. The molecular formula is C31H25Cl2N7O4. The standard InChI is InChI=1S/C31H25Cl2N7O4/c1-5-25(41)36-22-13-18(39-10-8-19(16-39)42-2)6-7-21(22)37-31-35-15-17-12-20(30-34-9-11-40(30)29(17)38-31)26-27(32)23(43-3)14-24(44-4)28(26)33/h5-16H,1H2,2-4H3,(H,36,41)(H,35,37,38). The second-order valence-corrected chi connectivity index (χ2v) is 10.2. The van der Waals surface area contributed by atoms with Gasteiger partial charge in [-0.05, 0) is 36.4 Å². The summed E-state index contributed by atoms with van der Waals surface area (Å²) >= 11 is 13.5. The fourth-order valence-corrected chi connectivity index (χ4v) is 5.51. The van der Waals surface area contributed by atoms with Gasteiger partial charge in [-0.1, -0.05) is 29.8 Å². The van der Waals surface area contributed by atoms with E-state index in [4.69, 9.17) is 42.4 Å². The number of anilines is 3. The highest BCUT2D eigenvalue weighted by Gasteiger charge is 2.23. The van der Waals surface area contributed by atoms with E-state index >= 15 is 0 Å². The first-order valence-electron chi connectivity index (χ1n) is 13.1. The highest BCUT2D eigenvalue weighted by Crippen LogP contribution is 2.47. The number of halogens is 2. The van der Waals surface area contributed by atoms with Gasteiger partial charge in [0.25, 0.3) is 0 Å². The monoisotopic (exact) mass is 629 g/mol. The number of benzene rings is 2. The SMILES string of the molecule is C=CC(=O)Nc1cc(-n2ccc(OC)c2)ccc1Nc1ncc2cc(-c3c(Cl)c(OC)cc(OC)c3Cl)c3nccn3c2n1. The van der Waals surface area contributed by atoms with E-state index in [1.54, 1.807) is 31.8 Å². The number of carbonyl (C=O) groups excluding carboxylic acids is 1. The summed E-state index contributed by atoms with van der Waals surface area (Å²) in [5.41, 5.74) is 4.17. The average molecular weight is 630 g/mol. The maximum Gasteiger partial charge on any atom is 0.247 e. The molecule has 0 saturated heterocycles. The van der Waals surface area contributed by atoms with Gasteiger partial charge in [0.2, 0.25) is 11.9 Å². The van der Waals surface area contributed by atoms with Crippen molar-refractivity contribution in [1.29, 1.82) is 0 Å². The Bertz CT molecular complexity index is 2040. The Balaban J connectivity index is 1.43. The number of hydrogen-bond acceptors (Lipinski definition) is 8. The van der Waals surface area contributed by atoms with E-state index in [0.29, 0.717) is 72.4 Å². The van der Waals surface area contributed by atoms with Crippen LogP contribution < -0.4 is 24.8 Å². The first-order valence-corrected chi connectivity index (χ1v) is 13.9. The first kappa shape index (κ1) is 28.8. The topological polar surface area (TPSA) is 117 Å². The van der Waals surface area contributed by atoms with Crippen LogP contribution in [0.5, 0.6) is 17.2 Å². The Morgan fingerprint density at radius 1 is 0.932 bits per heavy atom. The van der Waals surface area contributed by atoms with E-state index in [2.05, 4.69) is 27.2 Å². The minimum Gasteiger partial charge on any atom is -0.495 e. The predicted octanol–water partition coefficient (Wildman–Crippen LogP) is 6.94. The third kappa shape index (κ3) is 5.12. The number of aromatic nitrogens is 5. The van der Waals surface area contributed by atoms with Gasteiger partial charge in [-0.2, -0.15) is 4.98 Å². The lowest BCUT2D eigenvalue weighted by Crippen LogP contribution is -2.10. The van der Waals surface area contributed by atoms with Gasteiger partial charge in [-0.3, -0.25) is 9.20 Å². The molecule has 222 valence electrons. The molecule has 13 heteroatoms. The van der Waals surface area contributed by atoms with Crippen LogP contribution in [0.3, 0.4) is 0 Å². The molecule has 0 atom stereocenters. The van der Waals surface area contributed by atoms with Gasteiger partial charge in [0, 0.05) is 53.1 Å². The van der Waals surface area contributed by atoms with E-state index in [0.717, 1.165) is 5.69 Å². The second-order valence-electron chi connectivity index (χ2n) is 9.44. The maximum atomic E-state index is 12.3. The van der Waals surface area contributed by atoms with E-state index in [9.17, 15) is 4.79 Å². The minimum absolute atomic E-state index is 0.295. The predicted molar refractivity (Wildman–Crippen MR) is 171 cm³/mol. The zero-order valence-electron chi connectivity index (χ0n) is 23.8. The molecule has 2 N–H and O–H groups in total. The zero-order chi connectivity index (χ0) is 31.0. The van der Waals surface area contributed by atoms with Gasteiger partial charge in [-0.15, -0.1) is 0 Å².